The number of amidine groups is 1. The Bertz CT molecular complexity index is 833. The highest BCUT2D eigenvalue weighted by molar-refractivity contribution is 6.67. The predicted octanol–water partition coefficient (Wildman–Crippen LogP) is 0.0287. The third-order valence-corrected chi connectivity index (χ3v) is 4.91. The fraction of sp³-hybridized carbons (Fsp3) is 0.474. The van der Waals surface area contributed by atoms with Gasteiger partial charge < -0.3 is 31.3 Å². The molecule has 12 heteroatoms. The molecule has 0 fully saturated rings. The number of carbonyl (C=O) groups excluding carboxylic acids is 1. The zero-order valence-electron chi connectivity index (χ0n) is 17.2. The summed E-state index contributed by atoms with van der Waals surface area (Å²) >= 11 is 6.13. The predicted molar refractivity (Wildman–Crippen MR) is 119 cm³/mol. The topological polar surface area (TPSA) is 185 Å². The summed E-state index contributed by atoms with van der Waals surface area (Å²) in [6.07, 6.45) is -0.401. The Kier molecular flexibility index (Phi) is 8.75. The summed E-state index contributed by atoms with van der Waals surface area (Å²) in [5.74, 6) is -0.979. The van der Waals surface area contributed by atoms with Crippen LogP contribution < -0.4 is 21.1 Å². The van der Waals surface area contributed by atoms with Crippen molar-refractivity contribution in [2.24, 2.45) is 16.5 Å². The molecule has 0 saturated heterocycles. The molecule has 1 heterocycles. The number of primary amides is 1. The molecule has 0 aromatic heterocycles. The van der Waals surface area contributed by atoms with E-state index in [9.17, 15) is 9.90 Å². The van der Waals surface area contributed by atoms with Crippen molar-refractivity contribution >= 4 is 40.7 Å². The number of hydrogen-bond donors (Lipinski definition) is 6. The first-order chi connectivity index (χ1) is 14.7. The summed E-state index contributed by atoms with van der Waals surface area (Å²) in [6.45, 7) is 2.00. The van der Waals surface area contributed by atoms with E-state index in [1.54, 1.807) is 29.2 Å². The lowest BCUT2D eigenvalue weighted by atomic mass is 10.2. The summed E-state index contributed by atoms with van der Waals surface area (Å²) < 4.78 is 5.41. The van der Waals surface area contributed by atoms with Gasteiger partial charge in [-0.1, -0.05) is 24.9 Å². The van der Waals surface area contributed by atoms with E-state index >= 15 is 0 Å². The molecule has 0 radical (unpaired) electrons. The van der Waals surface area contributed by atoms with E-state index in [4.69, 9.17) is 43.7 Å². The number of anilines is 1. The summed E-state index contributed by atoms with van der Waals surface area (Å²) in [5, 5.41) is 35.3. The fourth-order valence-corrected chi connectivity index (χ4v) is 3.06. The number of nitrogens with two attached hydrogens (primary N) is 2. The number of guanidine groups is 1. The van der Waals surface area contributed by atoms with Crippen LogP contribution in [0.5, 0.6) is 5.75 Å². The third kappa shape index (κ3) is 5.91. The normalized spacial score (nSPS) is 19.6. The quantitative estimate of drug-likeness (QED) is 0.132. The van der Waals surface area contributed by atoms with Crippen molar-refractivity contribution in [2.45, 2.75) is 37.5 Å². The standard InChI is InChI=1S/C19H28ClN7O4/c1-2-3-8-26(11-4-6-13(7-5-11)31-10-12(29)9-28)19(24)27-16(21)14(18(23)30)25-15(20)17(27)22/h4-7,12,15,17,21,24,28-29H,2-3,8-10,22H2,1H3,(H2,23,30). The number of halogens is 1. The molecule has 3 unspecified atom stereocenters. The van der Waals surface area contributed by atoms with Crippen LogP contribution in [0, 0.1) is 10.8 Å². The minimum absolute atomic E-state index is 0.0582. The monoisotopic (exact) mass is 453 g/mol. The maximum atomic E-state index is 11.7. The molecule has 31 heavy (non-hydrogen) atoms. The van der Waals surface area contributed by atoms with E-state index < -0.39 is 30.3 Å². The first kappa shape index (κ1) is 24.5. The second kappa shape index (κ2) is 11.0. The molecule has 1 aliphatic rings. The van der Waals surface area contributed by atoms with E-state index in [1.807, 2.05) is 6.92 Å². The van der Waals surface area contributed by atoms with Crippen molar-refractivity contribution in [2.75, 3.05) is 24.7 Å². The van der Waals surface area contributed by atoms with Crippen LogP contribution in [0.25, 0.3) is 0 Å². The van der Waals surface area contributed by atoms with E-state index in [1.165, 1.54) is 0 Å². The van der Waals surface area contributed by atoms with E-state index in [0.29, 0.717) is 18.0 Å². The lowest BCUT2D eigenvalue weighted by Crippen LogP contribution is -2.63. The molecule has 170 valence electrons. The molecular formula is C19H28ClN7O4. The lowest BCUT2D eigenvalue weighted by Gasteiger charge is -2.39. The summed E-state index contributed by atoms with van der Waals surface area (Å²) in [4.78, 5) is 18.3. The molecular weight excluding hydrogens is 426 g/mol. The molecule has 0 saturated carbocycles. The summed E-state index contributed by atoms with van der Waals surface area (Å²) in [5.41, 5.74) is 10.6. The van der Waals surface area contributed by atoms with Gasteiger partial charge in [-0.15, -0.1) is 0 Å². The van der Waals surface area contributed by atoms with Crippen LogP contribution in [-0.4, -0.2) is 76.1 Å². The Balaban J connectivity index is 2.29. The minimum atomic E-state index is -1.06. The van der Waals surface area contributed by atoms with Crippen LogP contribution in [-0.2, 0) is 4.79 Å². The van der Waals surface area contributed by atoms with Gasteiger partial charge in [-0.25, -0.2) is 0 Å². The van der Waals surface area contributed by atoms with Crippen molar-refractivity contribution in [3.8, 4) is 5.75 Å². The third-order valence-electron chi connectivity index (χ3n) is 4.55. The molecule has 1 aromatic carbocycles. The lowest BCUT2D eigenvalue weighted by molar-refractivity contribution is -0.111. The largest absolute Gasteiger partial charge is 0.491 e. The zero-order valence-corrected chi connectivity index (χ0v) is 17.9. The highest BCUT2D eigenvalue weighted by Gasteiger charge is 2.38. The maximum absolute atomic E-state index is 11.7. The van der Waals surface area contributed by atoms with Gasteiger partial charge in [0.05, 0.1) is 6.61 Å². The number of aliphatic hydroxyl groups is 2. The first-order valence-corrected chi connectivity index (χ1v) is 10.2. The van der Waals surface area contributed by atoms with Crippen LogP contribution in [0.4, 0.5) is 5.69 Å². The van der Waals surface area contributed by atoms with Gasteiger partial charge in [0.25, 0.3) is 5.91 Å². The van der Waals surface area contributed by atoms with Gasteiger partial charge in [0.1, 0.15) is 24.6 Å². The second-order valence-electron chi connectivity index (χ2n) is 6.89. The molecule has 2 rings (SSSR count). The number of aliphatic imine (C=N–C) groups is 1. The SMILES string of the molecule is CCCCN(C(=N)N1C(=N)C(C(N)=O)=NC(Cl)C1N)c1ccc(OCC(O)CO)cc1. The van der Waals surface area contributed by atoms with Gasteiger partial charge in [0.2, 0.25) is 5.96 Å². The van der Waals surface area contributed by atoms with Gasteiger partial charge in [0, 0.05) is 12.2 Å². The zero-order chi connectivity index (χ0) is 23.1. The number of unbranched alkanes of at least 4 members (excludes halogenated alkanes) is 1. The Hall–Kier alpha value is -2.73. The molecule has 0 aliphatic carbocycles. The van der Waals surface area contributed by atoms with E-state index in [2.05, 4.69) is 4.99 Å². The number of nitrogens with zero attached hydrogens (tertiary/aromatic N) is 3. The first-order valence-electron chi connectivity index (χ1n) is 9.74. The minimum Gasteiger partial charge on any atom is -0.491 e. The van der Waals surface area contributed by atoms with E-state index in [-0.39, 0.29) is 24.1 Å². The number of amides is 1. The maximum Gasteiger partial charge on any atom is 0.270 e. The van der Waals surface area contributed by atoms with Gasteiger partial charge in [-0.3, -0.25) is 25.5 Å². The number of nitrogens with one attached hydrogen (secondary N) is 2. The number of carbonyl (C=O) groups is 1. The highest BCUT2D eigenvalue weighted by Crippen LogP contribution is 2.24. The Morgan fingerprint density at radius 2 is 2.06 bits per heavy atom. The van der Waals surface area contributed by atoms with Crippen LogP contribution in [0.3, 0.4) is 0 Å². The summed E-state index contributed by atoms with van der Waals surface area (Å²) in [7, 11) is 0. The number of hydrogen-bond acceptors (Lipinski definition) is 8. The van der Waals surface area contributed by atoms with Gasteiger partial charge in [0.15, 0.2) is 17.0 Å². The van der Waals surface area contributed by atoms with Crippen molar-refractivity contribution in [1.82, 2.24) is 4.90 Å². The number of benzene rings is 1. The molecule has 11 nitrogen and oxygen atoms in total. The molecule has 1 aliphatic heterocycles. The molecule has 3 atom stereocenters. The number of alkyl halides is 1. The molecule has 8 N–H and O–H groups in total. The Morgan fingerprint density at radius 1 is 1.42 bits per heavy atom. The molecule has 0 bridgehead atoms. The van der Waals surface area contributed by atoms with Crippen molar-refractivity contribution in [3.05, 3.63) is 24.3 Å². The van der Waals surface area contributed by atoms with Crippen LogP contribution in [0.1, 0.15) is 19.8 Å². The average molecular weight is 454 g/mol. The van der Waals surface area contributed by atoms with Crippen LogP contribution in [0.15, 0.2) is 29.3 Å². The smallest absolute Gasteiger partial charge is 0.270 e. The Labute approximate surface area is 185 Å². The molecule has 0 spiro atoms. The second-order valence-corrected chi connectivity index (χ2v) is 7.34. The van der Waals surface area contributed by atoms with Gasteiger partial charge in [-0.2, -0.15) is 0 Å². The van der Waals surface area contributed by atoms with Gasteiger partial charge in [-0.05, 0) is 30.7 Å². The number of rotatable bonds is 9. The van der Waals surface area contributed by atoms with Crippen LogP contribution in [0.2, 0.25) is 0 Å². The Morgan fingerprint density at radius 3 is 2.61 bits per heavy atom. The van der Waals surface area contributed by atoms with Gasteiger partial charge >= 0.3 is 0 Å². The van der Waals surface area contributed by atoms with Crippen molar-refractivity contribution in [1.29, 1.82) is 10.8 Å². The fourth-order valence-electron chi connectivity index (χ4n) is 2.85. The van der Waals surface area contributed by atoms with Crippen molar-refractivity contribution < 1.29 is 19.7 Å². The molecule has 1 aromatic rings. The van der Waals surface area contributed by atoms with E-state index in [0.717, 1.165) is 17.7 Å². The number of aliphatic hydroxyl groups excluding tert-OH is 2. The number of ether oxygens (including phenoxy) is 1. The summed E-state index contributed by atoms with van der Waals surface area (Å²) in [6, 6.07) is 6.75. The molecule has 1 amide bonds. The van der Waals surface area contributed by atoms with Crippen LogP contribution >= 0.6 is 11.6 Å². The van der Waals surface area contributed by atoms with Crippen molar-refractivity contribution in [3.63, 3.8) is 0 Å². The average Bonchev–Trinajstić information content (AvgIpc) is 2.75. The highest BCUT2D eigenvalue weighted by atomic mass is 35.5.